The lowest BCUT2D eigenvalue weighted by Gasteiger charge is -2.27. The molecular formula is C20H19N9O5. The van der Waals surface area contributed by atoms with E-state index < -0.39 is 9.85 Å². The molecule has 2 aromatic carbocycles. The number of benzene rings is 2. The van der Waals surface area contributed by atoms with Crippen molar-refractivity contribution in [3.05, 3.63) is 74.3 Å². The van der Waals surface area contributed by atoms with Gasteiger partial charge < -0.3 is 15.0 Å². The average Bonchev–Trinajstić information content (AvgIpc) is 2.85. The molecule has 0 spiro atoms. The largest absolute Gasteiger partial charge is 0.378 e. The van der Waals surface area contributed by atoms with Crippen LogP contribution in [0.3, 0.4) is 0 Å². The third-order valence-corrected chi connectivity index (χ3v) is 4.73. The van der Waals surface area contributed by atoms with Gasteiger partial charge in [-0.25, -0.2) is 5.43 Å². The van der Waals surface area contributed by atoms with E-state index in [0.717, 1.165) is 0 Å². The van der Waals surface area contributed by atoms with E-state index in [-0.39, 0.29) is 23.3 Å². The Kier molecular flexibility index (Phi) is 6.78. The van der Waals surface area contributed by atoms with E-state index in [2.05, 4.69) is 30.8 Å². The predicted molar refractivity (Wildman–Crippen MR) is 124 cm³/mol. The van der Waals surface area contributed by atoms with Gasteiger partial charge in [0.15, 0.2) is 0 Å². The van der Waals surface area contributed by atoms with Gasteiger partial charge in [0.2, 0.25) is 17.8 Å². The third kappa shape index (κ3) is 5.74. The van der Waals surface area contributed by atoms with Gasteiger partial charge in [0, 0.05) is 43.0 Å². The van der Waals surface area contributed by atoms with E-state index >= 15 is 0 Å². The Morgan fingerprint density at radius 1 is 0.882 bits per heavy atom. The molecule has 34 heavy (non-hydrogen) atoms. The van der Waals surface area contributed by atoms with Crippen LogP contribution in [0.25, 0.3) is 0 Å². The smallest absolute Gasteiger partial charge is 0.269 e. The molecule has 0 bridgehead atoms. The van der Waals surface area contributed by atoms with Crippen LogP contribution in [0.2, 0.25) is 0 Å². The van der Waals surface area contributed by atoms with E-state index in [1.807, 2.05) is 4.90 Å². The molecule has 1 aliphatic rings. The summed E-state index contributed by atoms with van der Waals surface area (Å²) in [6, 6.07) is 11.8. The van der Waals surface area contributed by atoms with Crippen LogP contribution in [0.1, 0.15) is 5.56 Å². The van der Waals surface area contributed by atoms with Crippen LogP contribution in [0.5, 0.6) is 0 Å². The van der Waals surface area contributed by atoms with Crippen molar-refractivity contribution in [2.75, 3.05) is 41.9 Å². The fraction of sp³-hybridized carbons (Fsp3) is 0.200. The highest BCUT2D eigenvalue weighted by Gasteiger charge is 2.17. The van der Waals surface area contributed by atoms with Crippen molar-refractivity contribution in [1.82, 2.24) is 15.0 Å². The summed E-state index contributed by atoms with van der Waals surface area (Å²) in [5, 5.41) is 28.8. The fourth-order valence-corrected chi connectivity index (χ4v) is 3.02. The van der Waals surface area contributed by atoms with Gasteiger partial charge in [-0.15, -0.1) is 0 Å². The van der Waals surface area contributed by atoms with Crippen molar-refractivity contribution >= 4 is 41.1 Å². The zero-order chi connectivity index (χ0) is 23.9. The molecule has 0 aliphatic carbocycles. The van der Waals surface area contributed by atoms with Crippen molar-refractivity contribution < 1.29 is 14.6 Å². The number of aromatic nitrogens is 3. The number of nitro groups is 2. The highest BCUT2D eigenvalue weighted by atomic mass is 16.6. The lowest BCUT2D eigenvalue weighted by molar-refractivity contribution is -0.385. The molecule has 1 saturated heterocycles. The molecule has 174 valence electrons. The highest BCUT2D eigenvalue weighted by Crippen LogP contribution is 2.21. The minimum atomic E-state index is -0.478. The van der Waals surface area contributed by atoms with Crippen LogP contribution in [-0.2, 0) is 4.74 Å². The molecule has 0 saturated carbocycles. The van der Waals surface area contributed by atoms with Crippen molar-refractivity contribution in [2.45, 2.75) is 0 Å². The molecule has 14 heteroatoms. The Hall–Kier alpha value is -4.72. The van der Waals surface area contributed by atoms with Crippen molar-refractivity contribution in [3.8, 4) is 0 Å². The summed E-state index contributed by atoms with van der Waals surface area (Å²) in [4.78, 5) is 35.8. The van der Waals surface area contributed by atoms with Gasteiger partial charge in [-0.2, -0.15) is 20.1 Å². The quantitative estimate of drug-likeness (QED) is 0.284. The first-order chi connectivity index (χ1) is 16.5. The topological polar surface area (TPSA) is 174 Å². The fourth-order valence-electron chi connectivity index (χ4n) is 3.02. The summed E-state index contributed by atoms with van der Waals surface area (Å²) in [7, 11) is 0. The molecule has 0 unspecified atom stereocenters. The Balaban J connectivity index is 1.54. The summed E-state index contributed by atoms with van der Waals surface area (Å²) < 4.78 is 5.38. The van der Waals surface area contributed by atoms with Crippen LogP contribution in [0.4, 0.5) is 34.9 Å². The van der Waals surface area contributed by atoms with E-state index in [0.29, 0.717) is 43.5 Å². The lowest BCUT2D eigenvalue weighted by Crippen LogP contribution is -2.37. The number of rotatable bonds is 8. The Bertz CT molecular complexity index is 1200. The number of nitro benzene ring substituents is 2. The number of morpholine rings is 1. The lowest BCUT2D eigenvalue weighted by atomic mass is 10.2. The first kappa shape index (κ1) is 22.5. The number of nitrogens with one attached hydrogen (secondary N) is 2. The first-order valence-corrected chi connectivity index (χ1v) is 10.1. The van der Waals surface area contributed by atoms with Gasteiger partial charge in [-0.05, 0) is 29.8 Å². The second kappa shape index (κ2) is 10.3. The maximum atomic E-state index is 10.9. The molecule has 3 aromatic rings. The van der Waals surface area contributed by atoms with E-state index in [4.69, 9.17) is 4.74 Å². The minimum Gasteiger partial charge on any atom is -0.378 e. The SMILES string of the molecule is O=[N+]([O-])c1ccc(/C=N\Nc2nc(Nc3ccc([N+](=O)[O-])cc3)nc(N3CCOCC3)n2)cc1. The molecule has 4 rings (SSSR count). The predicted octanol–water partition coefficient (Wildman–Crippen LogP) is 2.71. The highest BCUT2D eigenvalue weighted by molar-refractivity contribution is 5.80. The number of hydrogen-bond acceptors (Lipinski definition) is 12. The third-order valence-electron chi connectivity index (χ3n) is 4.73. The Labute approximate surface area is 192 Å². The van der Waals surface area contributed by atoms with Gasteiger partial charge >= 0.3 is 0 Å². The van der Waals surface area contributed by atoms with Gasteiger partial charge in [-0.1, -0.05) is 0 Å². The second-order valence-corrected chi connectivity index (χ2v) is 7.03. The molecule has 1 aliphatic heterocycles. The van der Waals surface area contributed by atoms with Gasteiger partial charge in [0.05, 0.1) is 29.3 Å². The van der Waals surface area contributed by atoms with E-state index in [1.54, 1.807) is 24.3 Å². The Morgan fingerprint density at radius 2 is 1.47 bits per heavy atom. The maximum absolute atomic E-state index is 10.9. The number of hydrazone groups is 1. The normalized spacial score (nSPS) is 13.6. The Morgan fingerprint density at radius 3 is 2.09 bits per heavy atom. The molecule has 0 radical (unpaired) electrons. The maximum Gasteiger partial charge on any atom is 0.269 e. The minimum absolute atomic E-state index is 0.0142. The van der Waals surface area contributed by atoms with E-state index in [9.17, 15) is 20.2 Å². The van der Waals surface area contributed by atoms with Crippen molar-refractivity contribution in [3.63, 3.8) is 0 Å². The van der Waals surface area contributed by atoms with Crippen LogP contribution in [0, 0.1) is 20.2 Å². The van der Waals surface area contributed by atoms with Crippen LogP contribution >= 0.6 is 0 Å². The number of hydrogen-bond donors (Lipinski definition) is 2. The number of ether oxygens (including phenoxy) is 1. The zero-order valence-corrected chi connectivity index (χ0v) is 17.7. The van der Waals surface area contributed by atoms with E-state index in [1.165, 1.54) is 30.5 Å². The molecule has 2 heterocycles. The second-order valence-electron chi connectivity index (χ2n) is 7.03. The molecule has 2 N–H and O–H groups in total. The van der Waals surface area contributed by atoms with Crippen molar-refractivity contribution in [2.24, 2.45) is 5.10 Å². The summed E-state index contributed by atoms with van der Waals surface area (Å²) >= 11 is 0. The van der Waals surface area contributed by atoms with Gasteiger partial charge in [0.1, 0.15) is 0 Å². The zero-order valence-electron chi connectivity index (χ0n) is 17.7. The number of non-ortho nitro benzene ring substituents is 2. The van der Waals surface area contributed by atoms with Crippen LogP contribution in [-0.4, -0.2) is 57.3 Å². The molecule has 0 amide bonds. The summed E-state index contributed by atoms with van der Waals surface area (Å²) in [6.45, 7) is 2.29. The summed E-state index contributed by atoms with van der Waals surface area (Å²) in [5.74, 6) is 0.799. The molecule has 1 aromatic heterocycles. The number of nitrogens with zero attached hydrogens (tertiary/aromatic N) is 7. The summed E-state index contributed by atoms with van der Waals surface area (Å²) in [5.41, 5.74) is 3.91. The van der Waals surface area contributed by atoms with Gasteiger partial charge in [0.25, 0.3) is 11.4 Å². The first-order valence-electron chi connectivity index (χ1n) is 10.1. The van der Waals surface area contributed by atoms with Crippen molar-refractivity contribution in [1.29, 1.82) is 0 Å². The molecule has 1 fully saturated rings. The number of anilines is 4. The summed E-state index contributed by atoms with van der Waals surface area (Å²) in [6.07, 6.45) is 1.48. The molecule has 14 nitrogen and oxygen atoms in total. The van der Waals surface area contributed by atoms with Crippen LogP contribution < -0.4 is 15.6 Å². The van der Waals surface area contributed by atoms with Gasteiger partial charge in [-0.3, -0.25) is 20.2 Å². The molecule has 0 atom stereocenters. The molecular weight excluding hydrogens is 446 g/mol. The standard InChI is InChI=1S/C20H19N9O5/c30-28(31)16-5-1-14(2-6-16)13-21-26-19-23-18(22-15-3-7-17(8-4-15)29(32)33)24-20(25-19)27-9-11-34-12-10-27/h1-8,13H,9-12H2,(H2,22,23,24,25,26)/b21-13-. The average molecular weight is 465 g/mol. The monoisotopic (exact) mass is 465 g/mol. The van der Waals surface area contributed by atoms with Crippen LogP contribution in [0.15, 0.2) is 53.6 Å².